The quantitative estimate of drug-likeness (QED) is 0.549. The molecular weight excluding hydrogens is 378 g/mol. The highest BCUT2D eigenvalue weighted by Gasteiger charge is 2.34. The predicted octanol–water partition coefficient (Wildman–Crippen LogP) is 2.64. The van der Waals surface area contributed by atoms with E-state index in [1.807, 2.05) is 4.57 Å². The summed E-state index contributed by atoms with van der Waals surface area (Å²) in [5.41, 5.74) is 0.950. The lowest BCUT2D eigenvalue weighted by Crippen LogP contribution is -2.33. The molecule has 2 fully saturated rings. The molecule has 1 aromatic rings. The van der Waals surface area contributed by atoms with Crippen LogP contribution in [0.2, 0.25) is 0 Å². The van der Waals surface area contributed by atoms with Gasteiger partial charge in [-0.2, -0.15) is 0 Å². The van der Waals surface area contributed by atoms with Crippen LogP contribution in [0.3, 0.4) is 0 Å². The largest absolute Gasteiger partial charge is 0.385 e. The number of likely N-dealkylation sites (N-methyl/N-ethyl adjacent to an activating group) is 1. The summed E-state index contributed by atoms with van der Waals surface area (Å²) in [6, 6.07) is 0. The number of nitrogens with zero attached hydrogens (tertiary/aromatic N) is 3. The minimum Gasteiger partial charge on any atom is -0.385 e. The molecule has 2 aliphatic rings. The van der Waals surface area contributed by atoms with Crippen molar-refractivity contribution in [3.63, 3.8) is 0 Å². The average molecular weight is 414 g/mol. The lowest BCUT2D eigenvalue weighted by atomic mass is 10.1. The lowest BCUT2D eigenvalue weighted by molar-refractivity contribution is -0.00291. The fraction of sp³-hybridized carbons (Fsp3) is 0.850. The second-order valence-corrected chi connectivity index (χ2v) is 10.3. The van der Waals surface area contributed by atoms with Gasteiger partial charge in [-0.25, -0.2) is 13.4 Å². The van der Waals surface area contributed by atoms with Crippen LogP contribution in [0.4, 0.5) is 0 Å². The van der Waals surface area contributed by atoms with Gasteiger partial charge in [0, 0.05) is 40.0 Å². The van der Waals surface area contributed by atoms with Crippen LogP contribution in [-0.2, 0) is 32.4 Å². The fourth-order valence-electron chi connectivity index (χ4n) is 4.34. The molecule has 0 amide bonds. The molecule has 1 unspecified atom stereocenters. The first-order valence-electron chi connectivity index (χ1n) is 10.6. The summed E-state index contributed by atoms with van der Waals surface area (Å²) in [5, 5.41) is -0.0369. The van der Waals surface area contributed by atoms with E-state index < -0.39 is 9.84 Å². The molecule has 28 heavy (non-hydrogen) atoms. The Bertz CT molecular complexity index is 707. The fourth-order valence-corrected chi connectivity index (χ4v) is 6.31. The van der Waals surface area contributed by atoms with Crippen LogP contribution in [0, 0.1) is 0 Å². The molecule has 7 nitrogen and oxygen atoms in total. The molecular formula is C20H35N3O4S. The van der Waals surface area contributed by atoms with Crippen molar-refractivity contribution in [1.82, 2.24) is 14.5 Å². The molecule has 0 aromatic carbocycles. The third-order valence-corrected chi connectivity index (χ3v) is 8.03. The SMILES string of the molecule is COCCCn1c(CN(C)CC2CCCCO2)cnc1S(=O)(=O)C1CCCC1. The third-order valence-electron chi connectivity index (χ3n) is 5.85. The number of hydrogen-bond acceptors (Lipinski definition) is 6. The minimum absolute atomic E-state index is 0.243. The Morgan fingerprint density at radius 2 is 2.00 bits per heavy atom. The van der Waals surface area contributed by atoms with Gasteiger partial charge in [0.25, 0.3) is 0 Å². The Morgan fingerprint density at radius 3 is 2.68 bits per heavy atom. The van der Waals surface area contributed by atoms with E-state index in [2.05, 4.69) is 16.9 Å². The van der Waals surface area contributed by atoms with Crippen molar-refractivity contribution in [2.45, 2.75) is 81.0 Å². The molecule has 1 saturated heterocycles. The summed E-state index contributed by atoms with van der Waals surface area (Å²) in [4.78, 5) is 6.60. The Kier molecular flexibility index (Phi) is 7.91. The average Bonchev–Trinajstić information content (AvgIpc) is 3.34. The summed E-state index contributed by atoms with van der Waals surface area (Å²) >= 11 is 0. The van der Waals surface area contributed by atoms with Gasteiger partial charge in [0.1, 0.15) is 0 Å². The van der Waals surface area contributed by atoms with E-state index >= 15 is 0 Å². The van der Waals surface area contributed by atoms with Gasteiger partial charge in [0.2, 0.25) is 15.0 Å². The highest BCUT2D eigenvalue weighted by atomic mass is 32.2. The monoisotopic (exact) mass is 413 g/mol. The number of hydrogen-bond donors (Lipinski definition) is 0. The molecule has 1 aromatic heterocycles. The number of aromatic nitrogens is 2. The second kappa shape index (κ2) is 10.2. The number of imidazole rings is 1. The number of ether oxygens (including phenoxy) is 2. The van der Waals surface area contributed by atoms with Crippen LogP contribution >= 0.6 is 0 Å². The molecule has 0 bridgehead atoms. The zero-order valence-corrected chi connectivity index (χ0v) is 18.1. The Hall–Kier alpha value is -0.960. The zero-order valence-electron chi connectivity index (χ0n) is 17.3. The molecule has 1 aliphatic heterocycles. The Labute approximate surface area is 169 Å². The number of rotatable bonds is 10. The van der Waals surface area contributed by atoms with E-state index in [-0.39, 0.29) is 16.5 Å². The summed E-state index contributed by atoms with van der Waals surface area (Å²) in [6.45, 7) is 3.58. The highest BCUT2D eigenvalue weighted by molar-refractivity contribution is 7.91. The molecule has 0 radical (unpaired) electrons. The van der Waals surface area contributed by atoms with Gasteiger partial charge in [0.15, 0.2) is 0 Å². The Morgan fingerprint density at radius 1 is 1.25 bits per heavy atom. The molecule has 1 aliphatic carbocycles. The summed E-state index contributed by atoms with van der Waals surface area (Å²) in [5.74, 6) is 0. The van der Waals surface area contributed by atoms with Crippen LogP contribution in [-0.4, -0.2) is 68.1 Å². The number of methoxy groups -OCH3 is 1. The Balaban J connectivity index is 1.74. The normalized spacial score (nSPS) is 21.6. The van der Waals surface area contributed by atoms with Gasteiger partial charge < -0.3 is 14.0 Å². The maximum Gasteiger partial charge on any atom is 0.228 e. The smallest absolute Gasteiger partial charge is 0.228 e. The van der Waals surface area contributed by atoms with E-state index in [4.69, 9.17) is 9.47 Å². The summed E-state index contributed by atoms with van der Waals surface area (Å²) in [7, 11) is 0.354. The molecule has 3 rings (SSSR count). The third kappa shape index (κ3) is 5.34. The van der Waals surface area contributed by atoms with E-state index in [0.717, 1.165) is 63.8 Å². The van der Waals surface area contributed by atoms with Crippen molar-refractivity contribution >= 4 is 9.84 Å². The van der Waals surface area contributed by atoms with Crippen molar-refractivity contribution in [2.24, 2.45) is 0 Å². The summed E-state index contributed by atoms with van der Waals surface area (Å²) in [6.07, 6.45) is 9.73. The summed E-state index contributed by atoms with van der Waals surface area (Å²) < 4.78 is 39.2. The zero-order chi connectivity index (χ0) is 20.0. The van der Waals surface area contributed by atoms with Gasteiger partial charge >= 0.3 is 0 Å². The van der Waals surface area contributed by atoms with Crippen LogP contribution < -0.4 is 0 Å². The van der Waals surface area contributed by atoms with Crippen LogP contribution in [0.1, 0.15) is 57.1 Å². The van der Waals surface area contributed by atoms with Crippen molar-refractivity contribution in [3.8, 4) is 0 Å². The topological polar surface area (TPSA) is 73.7 Å². The standard InChI is InChI=1S/C20H35N3O4S/c1-22(16-18-8-5-6-13-27-18)15-17-14-21-20(23(17)11-7-12-26-2)28(24,25)19-9-3-4-10-19/h14,18-19H,3-13,15-16H2,1-2H3. The van der Waals surface area contributed by atoms with Crippen molar-refractivity contribution in [1.29, 1.82) is 0 Å². The second-order valence-electron chi connectivity index (χ2n) is 8.17. The van der Waals surface area contributed by atoms with Gasteiger partial charge in [-0.3, -0.25) is 4.90 Å². The van der Waals surface area contributed by atoms with E-state index in [9.17, 15) is 8.42 Å². The molecule has 2 heterocycles. The van der Waals surface area contributed by atoms with Crippen LogP contribution in [0.5, 0.6) is 0 Å². The van der Waals surface area contributed by atoms with Gasteiger partial charge in [-0.1, -0.05) is 12.8 Å². The molecule has 0 spiro atoms. The number of sulfone groups is 1. The minimum atomic E-state index is -3.38. The molecule has 0 N–H and O–H groups in total. The van der Waals surface area contributed by atoms with Crippen LogP contribution in [0.15, 0.2) is 11.4 Å². The van der Waals surface area contributed by atoms with Crippen molar-refractivity contribution in [2.75, 3.05) is 33.9 Å². The van der Waals surface area contributed by atoms with Gasteiger partial charge in [-0.15, -0.1) is 0 Å². The first kappa shape index (κ1) is 21.7. The van der Waals surface area contributed by atoms with Gasteiger partial charge in [-0.05, 0) is 45.6 Å². The highest BCUT2D eigenvalue weighted by Crippen LogP contribution is 2.30. The molecule has 1 atom stereocenters. The van der Waals surface area contributed by atoms with E-state index in [1.54, 1.807) is 13.3 Å². The first-order valence-corrected chi connectivity index (χ1v) is 12.1. The maximum atomic E-state index is 13.2. The van der Waals surface area contributed by atoms with Crippen LogP contribution in [0.25, 0.3) is 0 Å². The van der Waals surface area contributed by atoms with Gasteiger partial charge in [0.05, 0.1) is 23.2 Å². The molecule has 160 valence electrons. The molecule has 1 saturated carbocycles. The van der Waals surface area contributed by atoms with Crippen molar-refractivity contribution < 1.29 is 17.9 Å². The first-order chi connectivity index (χ1) is 13.5. The molecule has 8 heteroatoms. The predicted molar refractivity (Wildman–Crippen MR) is 108 cm³/mol. The maximum absolute atomic E-state index is 13.2. The van der Waals surface area contributed by atoms with E-state index in [0.29, 0.717) is 19.7 Å². The van der Waals surface area contributed by atoms with E-state index in [1.165, 1.54) is 6.42 Å². The lowest BCUT2D eigenvalue weighted by Gasteiger charge is -2.27. The van der Waals surface area contributed by atoms with Crippen molar-refractivity contribution in [3.05, 3.63) is 11.9 Å².